The second-order valence-corrected chi connectivity index (χ2v) is 11.8. The van der Waals surface area contributed by atoms with Gasteiger partial charge in [0.25, 0.3) is 0 Å². The Labute approximate surface area is 237 Å². The maximum absolute atomic E-state index is 14.4. The van der Waals surface area contributed by atoms with Crippen molar-refractivity contribution in [2.24, 2.45) is 11.8 Å². The standard InChI is InChI=1S/C30H46N4O6/c1-3-12-32-13-8-10-29(4-2)23(26(32)36)24-27(37)34(15-6-5-7-20-35)25-28(38)33(14-9-11-30(24,25)40-29)17-16-31-18-21-39-22-19-31/h8-11,23-25,35H,3-7,12-22H2,1-2H3/t23-,24-,25?,29+,30-/m0/s1. The molecule has 0 bridgehead atoms. The molecule has 0 aromatic heterocycles. The van der Waals surface area contributed by atoms with Crippen LogP contribution in [0.5, 0.6) is 0 Å². The number of rotatable bonds is 11. The molecule has 0 saturated carbocycles. The first-order chi connectivity index (χ1) is 19.4. The van der Waals surface area contributed by atoms with Crippen LogP contribution < -0.4 is 0 Å². The van der Waals surface area contributed by atoms with E-state index >= 15 is 0 Å². The number of hydrogen-bond acceptors (Lipinski definition) is 7. The summed E-state index contributed by atoms with van der Waals surface area (Å²) in [6.07, 6.45) is 11.3. The monoisotopic (exact) mass is 558 g/mol. The van der Waals surface area contributed by atoms with Crippen LogP contribution in [0.3, 0.4) is 0 Å². The first-order valence-corrected chi connectivity index (χ1v) is 15.3. The summed E-state index contributed by atoms with van der Waals surface area (Å²) >= 11 is 0. The van der Waals surface area contributed by atoms with E-state index in [9.17, 15) is 19.5 Å². The van der Waals surface area contributed by atoms with Crippen LogP contribution in [0, 0.1) is 11.8 Å². The molecule has 1 spiro atoms. The summed E-state index contributed by atoms with van der Waals surface area (Å²) < 4.78 is 12.5. The molecule has 5 aliphatic heterocycles. The number of carbonyl (C=O) groups excluding carboxylic acids is 3. The van der Waals surface area contributed by atoms with Gasteiger partial charge in [-0.1, -0.05) is 38.2 Å². The van der Waals surface area contributed by atoms with Gasteiger partial charge in [-0.05, 0) is 32.1 Å². The van der Waals surface area contributed by atoms with Crippen LogP contribution in [0.4, 0.5) is 0 Å². The fraction of sp³-hybridized carbons (Fsp3) is 0.767. The zero-order chi connectivity index (χ0) is 28.3. The normalized spacial score (nSPS) is 34.2. The summed E-state index contributed by atoms with van der Waals surface area (Å²) in [5.41, 5.74) is -2.14. The van der Waals surface area contributed by atoms with Crippen LogP contribution in [0.15, 0.2) is 24.3 Å². The molecule has 3 saturated heterocycles. The Hall–Kier alpha value is -2.27. The molecule has 10 nitrogen and oxygen atoms in total. The Balaban J connectivity index is 1.50. The van der Waals surface area contributed by atoms with Gasteiger partial charge in [0.05, 0.1) is 30.7 Å². The van der Waals surface area contributed by atoms with E-state index in [1.165, 1.54) is 0 Å². The fourth-order valence-corrected chi connectivity index (χ4v) is 7.43. The molecule has 0 radical (unpaired) electrons. The summed E-state index contributed by atoms with van der Waals surface area (Å²) in [4.78, 5) is 50.6. The quantitative estimate of drug-likeness (QED) is 0.299. The minimum absolute atomic E-state index is 0.0564. The van der Waals surface area contributed by atoms with E-state index in [4.69, 9.17) is 9.47 Å². The van der Waals surface area contributed by atoms with Crippen LogP contribution in [-0.4, -0.2) is 132 Å². The van der Waals surface area contributed by atoms with Gasteiger partial charge in [0.15, 0.2) is 0 Å². The molecule has 40 heavy (non-hydrogen) atoms. The van der Waals surface area contributed by atoms with Gasteiger partial charge in [-0.15, -0.1) is 0 Å². The highest BCUT2D eigenvalue weighted by Crippen LogP contribution is 2.58. The highest BCUT2D eigenvalue weighted by molar-refractivity contribution is 6.00. The van der Waals surface area contributed by atoms with Gasteiger partial charge in [-0.3, -0.25) is 19.3 Å². The van der Waals surface area contributed by atoms with Crippen molar-refractivity contribution in [1.82, 2.24) is 19.6 Å². The fourth-order valence-electron chi connectivity index (χ4n) is 7.43. The first-order valence-electron chi connectivity index (χ1n) is 15.3. The van der Waals surface area contributed by atoms with Crippen molar-refractivity contribution in [3.63, 3.8) is 0 Å². The van der Waals surface area contributed by atoms with Crippen molar-refractivity contribution in [2.75, 3.05) is 72.2 Å². The molecule has 0 aromatic rings. The highest BCUT2D eigenvalue weighted by atomic mass is 16.5. The van der Waals surface area contributed by atoms with Crippen LogP contribution in [0.1, 0.15) is 46.0 Å². The lowest BCUT2D eigenvalue weighted by atomic mass is 9.73. The predicted octanol–water partition coefficient (Wildman–Crippen LogP) is 1.05. The average molecular weight is 559 g/mol. The predicted molar refractivity (Wildman–Crippen MR) is 149 cm³/mol. The Kier molecular flexibility index (Phi) is 8.99. The number of hydrogen-bond donors (Lipinski definition) is 1. The Morgan fingerprint density at radius 1 is 0.850 bits per heavy atom. The Morgan fingerprint density at radius 2 is 1.57 bits per heavy atom. The van der Waals surface area contributed by atoms with E-state index in [0.717, 1.165) is 32.5 Å². The minimum Gasteiger partial charge on any atom is -0.396 e. The average Bonchev–Trinajstić information content (AvgIpc) is 3.26. The number of aliphatic hydroxyl groups is 1. The molecule has 5 aliphatic rings. The molecule has 10 heteroatoms. The van der Waals surface area contributed by atoms with Gasteiger partial charge in [0.1, 0.15) is 11.6 Å². The van der Waals surface area contributed by atoms with Crippen molar-refractivity contribution >= 4 is 17.7 Å². The van der Waals surface area contributed by atoms with Gasteiger partial charge in [-0.2, -0.15) is 0 Å². The van der Waals surface area contributed by atoms with Gasteiger partial charge in [0.2, 0.25) is 17.7 Å². The Bertz CT molecular complexity index is 1010. The molecule has 0 aliphatic carbocycles. The number of unbranched alkanes of at least 4 members (excludes halogenated alkanes) is 2. The molecule has 3 fully saturated rings. The molecule has 5 atom stereocenters. The van der Waals surface area contributed by atoms with Crippen molar-refractivity contribution in [3.8, 4) is 0 Å². The molecule has 5 heterocycles. The summed E-state index contributed by atoms with van der Waals surface area (Å²) in [6.45, 7) is 10.5. The van der Waals surface area contributed by atoms with E-state index in [2.05, 4.69) is 4.90 Å². The lowest BCUT2D eigenvalue weighted by Crippen LogP contribution is -2.57. The maximum atomic E-state index is 14.4. The second-order valence-electron chi connectivity index (χ2n) is 11.8. The van der Waals surface area contributed by atoms with Crippen LogP contribution in [0.2, 0.25) is 0 Å². The van der Waals surface area contributed by atoms with Crippen LogP contribution >= 0.6 is 0 Å². The minimum atomic E-state index is -1.20. The van der Waals surface area contributed by atoms with E-state index < -0.39 is 29.1 Å². The molecule has 1 N–H and O–H groups in total. The lowest BCUT2D eigenvalue weighted by Gasteiger charge is -2.39. The van der Waals surface area contributed by atoms with Crippen molar-refractivity contribution in [3.05, 3.63) is 24.3 Å². The summed E-state index contributed by atoms with van der Waals surface area (Å²) in [5, 5.41) is 9.29. The van der Waals surface area contributed by atoms with Gasteiger partial charge in [0, 0.05) is 59.0 Å². The third-order valence-electron chi connectivity index (χ3n) is 9.45. The molecule has 3 amide bonds. The second kappa shape index (κ2) is 12.3. The number of morpholine rings is 1. The summed E-state index contributed by atoms with van der Waals surface area (Å²) in [7, 11) is 0. The summed E-state index contributed by atoms with van der Waals surface area (Å²) in [6, 6.07) is -0.821. The Morgan fingerprint density at radius 3 is 2.27 bits per heavy atom. The third-order valence-corrected chi connectivity index (χ3v) is 9.45. The van der Waals surface area contributed by atoms with Crippen molar-refractivity contribution < 1.29 is 29.0 Å². The number of nitrogens with zero attached hydrogens (tertiary/aromatic N) is 4. The number of aliphatic hydroxyl groups excluding tert-OH is 1. The molecular formula is C30H46N4O6. The van der Waals surface area contributed by atoms with E-state index in [0.29, 0.717) is 65.2 Å². The van der Waals surface area contributed by atoms with Crippen LogP contribution in [-0.2, 0) is 23.9 Å². The number of fused-ring (bicyclic) bond motifs is 2. The topological polar surface area (TPSA) is 103 Å². The number of likely N-dealkylation sites (tertiary alicyclic amines) is 1. The van der Waals surface area contributed by atoms with Gasteiger partial charge >= 0.3 is 0 Å². The van der Waals surface area contributed by atoms with E-state index in [-0.39, 0.29) is 24.3 Å². The third kappa shape index (κ3) is 5.01. The van der Waals surface area contributed by atoms with Crippen molar-refractivity contribution in [2.45, 2.75) is 63.2 Å². The van der Waals surface area contributed by atoms with Gasteiger partial charge < -0.3 is 29.3 Å². The smallest absolute Gasteiger partial charge is 0.249 e. The number of carbonyl (C=O) groups is 3. The molecule has 222 valence electrons. The van der Waals surface area contributed by atoms with Crippen molar-refractivity contribution in [1.29, 1.82) is 0 Å². The highest BCUT2D eigenvalue weighted by Gasteiger charge is 2.75. The molecular weight excluding hydrogens is 512 g/mol. The number of amides is 3. The first kappa shape index (κ1) is 29.2. The SMILES string of the molecule is CCCN1CC=C[C@@]2(CC)O[C@]34C=CCN(CCN5CCOCC5)C(=O)C3N(CCCCCO)C(=O)[C@@H]4[C@H]2C1=O. The zero-order valence-corrected chi connectivity index (χ0v) is 24.1. The molecule has 0 aromatic carbocycles. The van der Waals surface area contributed by atoms with Gasteiger partial charge in [-0.25, -0.2) is 0 Å². The van der Waals surface area contributed by atoms with E-state index in [1.807, 2.05) is 48.0 Å². The zero-order valence-electron chi connectivity index (χ0n) is 24.1. The summed E-state index contributed by atoms with van der Waals surface area (Å²) in [5.74, 6) is -1.77. The molecule has 5 rings (SSSR count). The molecule has 1 unspecified atom stereocenters. The van der Waals surface area contributed by atoms with Crippen LogP contribution in [0.25, 0.3) is 0 Å². The van der Waals surface area contributed by atoms with E-state index in [1.54, 1.807) is 4.90 Å². The number of ether oxygens (including phenoxy) is 2. The lowest BCUT2D eigenvalue weighted by molar-refractivity contribution is -0.154. The maximum Gasteiger partial charge on any atom is 0.249 e. The largest absolute Gasteiger partial charge is 0.396 e.